The number of benzene rings is 3. The van der Waals surface area contributed by atoms with Crippen LogP contribution in [0.3, 0.4) is 0 Å². The van der Waals surface area contributed by atoms with Crippen LogP contribution in [-0.4, -0.2) is 33.2 Å². The summed E-state index contributed by atoms with van der Waals surface area (Å²) < 4.78 is 31.4. The van der Waals surface area contributed by atoms with Gasteiger partial charge in [0.25, 0.3) is 5.91 Å². The van der Waals surface area contributed by atoms with E-state index < -0.39 is 22.0 Å². The highest BCUT2D eigenvalue weighted by molar-refractivity contribution is 7.92. The van der Waals surface area contributed by atoms with Gasteiger partial charge in [-0.15, -0.1) is 0 Å². The molecule has 1 heterocycles. The number of carbonyl (C=O) groups is 1. The normalized spacial score (nSPS) is 16.4. The van der Waals surface area contributed by atoms with E-state index in [2.05, 4.69) is 5.32 Å². The molecule has 1 aliphatic heterocycles. The molecule has 3 aromatic carbocycles. The number of sulfonamides is 1. The molecule has 1 atom stereocenters. The lowest BCUT2D eigenvalue weighted by atomic mass is 10.1. The standard InChI is InChI=1S/C20H17ClN2O4S/c1-28(25,26)23-12-19(27-18-9-7-15(21)11-17(18)23)20(24)22-16-8-6-13-4-2-3-5-14(13)10-16/h2-11,19H,12H2,1H3,(H,22,24)/t19-/m0/s1. The van der Waals surface area contributed by atoms with E-state index >= 15 is 0 Å². The molecular weight excluding hydrogens is 400 g/mol. The molecule has 0 fully saturated rings. The van der Waals surface area contributed by atoms with E-state index in [9.17, 15) is 13.2 Å². The van der Waals surface area contributed by atoms with Crippen molar-refractivity contribution in [2.75, 3.05) is 22.4 Å². The molecule has 1 N–H and O–H groups in total. The van der Waals surface area contributed by atoms with Crippen LogP contribution in [0, 0.1) is 0 Å². The molecule has 1 aliphatic rings. The number of hydrogen-bond acceptors (Lipinski definition) is 4. The third-order valence-electron chi connectivity index (χ3n) is 4.50. The number of hydrogen-bond donors (Lipinski definition) is 1. The van der Waals surface area contributed by atoms with Crippen molar-refractivity contribution in [1.29, 1.82) is 0 Å². The molecule has 1 amide bonds. The van der Waals surface area contributed by atoms with Gasteiger partial charge in [0.1, 0.15) is 5.75 Å². The predicted octanol–water partition coefficient (Wildman–Crippen LogP) is 3.66. The van der Waals surface area contributed by atoms with Crippen LogP contribution < -0.4 is 14.4 Å². The molecule has 0 aromatic heterocycles. The van der Waals surface area contributed by atoms with Gasteiger partial charge in [0, 0.05) is 10.7 Å². The van der Waals surface area contributed by atoms with E-state index in [0.29, 0.717) is 22.1 Å². The van der Waals surface area contributed by atoms with Gasteiger partial charge in [-0.25, -0.2) is 8.42 Å². The highest BCUT2D eigenvalue weighted by Gasteiger charge is 2.35. The third kappa shape index (κ3) is 3.63. The second kappa shape index (κ2) is 7.00. The molecule has 0 unspecified atom stereocenters. The van der Waals surface area contributed by atoms with Crippen molar-refractivity contribution in [1.82, 2.24) is 0 Å². The second-order valence-electron chi connectivity index (χ2n) is 6.56. The molecule has 8 heteroatoms. The Kier molecular flexibility index (Phi) is 4.64. The van der Waals surface area contributed by atoms with Crippen LogP contribution in [0.2, 0.25) is 5.02 Å². The van der Waals surface area contributed by atoms with E-state index in [1.165, 1.54) is 6.07 Å². The fraction of sp³-hybridized carbons (Fsp3) is 0.150. The fourth-order valence-corrected chi connectivity index (χ4v) is 4.24. The van der Waals surface area contributed by atoms with Gasteiger partial charge in [0.15, 0.2) is 6.10 Å². The molecule has 144 valence electrons. The summed E-state index contributed by atoms with van der Waals surface area (Å²) >= 11 is 5.99. The molecule has 0 saturated carbocycles. The lowest BCUT2D eigenvalue weighted by Crippen LogP contribution is -2.48. The van der Waals surface area contributed by atoms with E-state index in [0.717, 1.165) is 21.3 Å². The van der Waals surface area contributed by atoms with Crippen molar-refractivity contribution in [3.63, 3.8) is 0 Å². The predicted molar refractivity (Wildman–Crippen MR) is 111 cm³/mol. The SMILES string of the molecule is CS(=O)(=O)N1C[C@@H](C(=O)Nc2ccc3ccccc3c2)Oc2ccc(Cl)cc21. The Labute approximate surface area is 167 Å². The first-order valence-electron chi connectivity index (χ1n) is 8.55. The summed E-state index contributed by atoms with van der Waals surface area (Å²) in [5.74, 6) is -0.135. The summed E-state index contributed by atoms with van der Waals surface area (Å²) in [6.07, 6.45) is 0.0938. The van der Waals surface area contributed by atoms with Crippen LogP contribution in [-0.2, 0) is 14.8 Å². The highest BCUT2D eigenvalue weighted by atomic mass is 35.5. The van der Waals surface area contributed by atoms with Gasteiger partial charge in [-0.2, -0.15) is 0 Å². The second-order valence-corrected chi connectivity index (χ2v) is 8.91. The lowest BCUT2D eigenvalue weighted by molar-refractivity contribution is -0.122. The van der Waals surface area contributed by atoms with Crippen LogP contribution in [0.15, 0.2) is 60.7 Å². The van der Waals surface area contributed by atoms with Gasteiger partial charge >= 0.3 is 0 Å². The van der Waals surface area contributed by atoms with E-state index in [4.69, 9.17) is 16.3 Å². The van der Waals surface area contributed by atoms with Gasteiger partial charge in [-0.3, -0.25) is 9.10 Å². The number of amides is 1. The minimum Gasteiger partial charge on any atom is -0.476 e. The summed E-state index contributed by atoms with van der Waals surface area (Å²) in [6.45, 7) is -0.133. The Morgan fingerprint density at radius 3 is 2.61 bits per heavy atom. The molecule has 28 heavy (non-hydrogen) atoms. The fourth-order valence-electron chi connectivity index (χ4n) is 3.16. The molecule has 0 radical (unpaired) electrons. The molecule has 0 bridgehead atoms. The molecule has 4 rings (SSSR count). The van der Waals surface area contributed by atoms with Crippen LogP contribution >= 0.6 is 11.6 Å². The third-order valence-corrected chi connectivity index (χ3v) is 5.88. The minimum absolute atomic E-state index is 0.133. The molecule has 6 nitrogen and oxygen atoms in total. The first-order chi connectivity index (χ1) is 13.3. The smallest absolute Gasteiger partial charge is 0.267 e. The van der Waals surface area contributed by atoms with Crippen molar-refractivity contribution in [3.05, 3.63) is 65.7 Å². The Balaban J connectivity index is 1.61. The van der Waals surface area contributed by atoms with Crippen molar-refractivity contribution < 1.29 is 17.9 Å². The van der Waals surface area contributed by atoms with Crippen LogP contribution in [0.4, 0.5) is 11.4 Å². The van der Waals surface area contributed by atoms with Crippen molar-refractivity contribution >= 4 is 49.7 Å². The van der Waals surface area contributed by atoms with Gasteiger partial charge in [0.2, 0.25) is 10.0 Å². The zero-order chi connectivity index (χ0) is 19.9. The number of anilines is 2. The van der Waals surface area contributed by atoms with Gasteiger partial charge < -0.3 is 10.1 Å². The Hall–Kier alpha value is -2.77. The zero-order valence-corrected chi connectivity index (χ0v) is 16.5. The average Bonchev–Trinajstić information content (AvgIpc) is 2.66. The first-order valence-corrected chi connectivity index (χ1v) is 10.8. The zero-order valence-electron chi connectivity index (χ0n) is 14.9. The molecule has 0 saturated heterocycles. The van der Waals surface area contributed by atoms with Crippen molar-refractivity contribution in [2.24, 2.45) is 0 Å². The van der Waals surface area contributed by atoms with Gasteiger partial charge in [-0.05, 0) is 41.1 Å². The maximum atomic E-state index is 12.8. The number of nitrogens with zero attached hydrogens (tertiary/aromatic N) is 1. The number of carbonyl (C=O) groups excluding carboxylic acids is 1. The summed E-state index contributed by atoms with van der Waals surface area (Å²) in [6, 6.07) is 18.0. The van der Waals surface area contributed by atoms with Crippen molar-refractivity contribution in [2.45, 2.75) is 6.10 Å². The summed E-state index contributed by atoms with van der Waals surface area (Å²) in [5.41, 5.74) is 0.935. The number of nitrogens with one attached hydrogen (secondary N) is 1. The number of fused-ring (bicyclic) bond motifs is 2. The van der Waals surface area contributed by atoms with Gasteiger partial charge in [-0.1, -0.05) is 41.9 Å². The monoisotopic (exact) mass is 416 g/mol. The average molecular weight is 417 g/mol. The maximum absolute atomic E-state index is 12.8. The Morgan fingerprint density at radius 1 is 1.11 bits per heavy atom. The number of rotatable bonds is 3. The number of halogens is 1. The summed E-state index contributed by atoms with van der Waals surface area (Å²) in [4.78, 5) is 12.8. The quantitative estimate of drug-likeness (QED) is 0.707. The molecular formula is C20H17ClN2O4S. The minimum atomic E-state index is -3.61. The maximum Gasteiger partial charge on any atom is 0.267 e. The lowest BCUT2D eigenvalue weighted by Gasteiger charge is -2.34. The Bertz CT molecular complexity index is 1180. The molecule has 3 aromatic rings. The largest absolute Gasteiger partial charge is 0.476 e. The molecule has 0 spiro atoms. The van der Waals surface area contributed by atoms with Crippen LogP contribution in [0.1, 0.15) is 0 Å². The summed E-state index contributed by atoms with van der Waals surface area (Å²) in [5, 5.41) is 5.24. The van der Waals surface area contributed by atoms with Gasteiger partial charge in [0.05, 0.1) is 18.5 Å². The van der Waals surface area contributed by atoms with E-state index in [1.807, 2.05) is 36.4 Å². The van der Waals surface area contributed by atoms with E-state index in [1.54, 1.807) is 18.2 Å². The molecule has 0 aliphatic carbocycles. The van der Waals surface area contributed by atoms with Crippen LogP contribution in [0.5, 0.6) is 5.75 Å². The Morgan fingerprint density at radius 2 is 1.86 bits per heavy atom. The van der Waals surface area contributed by atoms with Crippen LogP contribution in [0.25, 0.3) is 10.8 Å². The summed E-state index contributed by atoms with van der Waals surface area (Å²) in [7, 11) is -3.61. The number of ether oxygens (including phenoxy) is 1. The topological polar surface area (TPSA) is 75.7 Å². The van der Waals surface area contributed by atoms with Crippen molar-refractivity contribution in [3.8, 4) is 5.75 Å². The first kappa shape index (κ1) is 18.6. The van der Waals surface area contributed by atoms with E-state index in [-0.39, 0.29) is 6.54 Å². The highest BCUT2D eigenvalue weighted by Crippen LogP contribution is 2.37.